The largest absolute Gasteiger partial charge is 0.494 e. The summed E-state index contributed by atoms with van der Waals surface area (Å²) in [5, 5.41) is 5.48. The number of hydrogen-bond donors (Lipinski definition) is 2. The predicted molar refractivity (Wildman–Crippen MR) is 90.4 cm³/mol. The molecule has 5 nitrogen and oxygen atoms in total. The van der Waals surface area contributed by atoms with E-state index in [1.54, 1.807) is 24.3 Å². The average molecular weight is 318 g/mol. The minimum absolute atomic E-state index is 0.104. The van der Waals surface area contributed by atoms with Gasteiger partial charge < -0.3 is 15.4 Å². The zero-order valence-electron chi connectivity index (χ0n) is 13.9. The van der Waals surface area contributed by atoms with Crippen LogP contribution in [0.1, 0.15) is 46.0 Å². The van der Waals surface area contributed by atoms with Crippen molar-refractivity contribution in [2.24, 2.45) is 5.92 Å². The van der Waals surface area contributed by atoms with E-state index in [-0.39, 0.29) is 6.04 Å². The Morgan fingerprint density at radius 3 is 2.48 bits per heavy atom. The summed E-state index contributed by atoms with van der Waals surface area (Å²) in [5.74, 6) is 0.000823. The van der Waals surface area contributed by atoms with Crippen molar-refractivity contribution in [3.05, 3.63) is 24.3 Å². The van der Waals surface area contributed by atoms with Crippen molar-refractivity contribution < 1.29 is 14.3 Å². The van der Waals surface area contributed by atoms with E-state index in [2.05, 4.69) is 17.6 Å². The molecule has 0 aromatic heterocycles. The Hall–Kier alpha value is -2.04. The first kappa shape index (κ1) is 17.3. The second-order valence-corrected chi connectivity index (χ2v) is 6.17. The molecule has 23 heavy (non-hydrogen) atoms. The molecule has 126 valence electrons. The third-order valence-corrected chi connectivity index (χ3v) is 4.22. The van der Waals surface area contributed by atoms with Gasteiger partial charge in [-0.3, -0.25) is 9.59 Å². The molecule has 0 heterocycles. The zero-order chi connectivity index (χ0) is 16.7. The molecule has 1 aromatic carbocycles. The van der Waals surface area contributed by atoms with E-state index in [4.69, 9.17) is 4.74 Å². The lowest BCUT2D eigenvalue weighted by Gasteiger charge is -2.29. The fraction of sp³-hybridized carbons (Fsp3) is 0.556. The number of rotatable bonds is 5. The first-order chi connectivity index (χ1) is 11.1. The number of nitrogens with one attached hydrogen (secondary N) is 2. The minimum Gasteiger partial charge on any atom is -0.494 e. The van der Waals surface area contributed by atoms with Gasteiger partial charge >= 0.3 is 11.8 Å². The van der Waals surface area contributed by atoms with E-state index in [0.29, 0.717) is 18.2 Å². The molecule has 1 aliphatic rings. The van der Waals surface area contributed by atoms with Crippen molar-refractivity contribution in [2.75, 3.05) is 11.9 Å². The van der Waals surface area contributed by atoms with E-state index in [9.17, 15) is 9.59 Å². The van der Waals surface area contributed by atoms with E-state index >= 15 is 0 Å². The summed E-state index contributed by atoms with van der Waals surface area (Å²) in [5.41, 5.74) is 0.589. The Morgan fingerprint density at radius 1 is 1.13 bits per heavy atom. The maximum Gasteiger partial charge on any atom is 0.313 e. The number of amides is 2. The van der Waals surface area contributed by atoms with E-state index < -0.39 is 11.8 Å². The zero-order valence-corrected chi connectivity index (χ0v) is 13.9. The number of hydrogen-bond acceptors (Lipinski definition) is 3. The SMILES string of the molecule is CCCOc1ccc(NC(=O)C(=O)N[C@@H]2CCCC[C@H]2C)cc1. The van der Waals surface area contributed by atoms with Crippen LogP contribution in [0.3, 0.4) is 0 Å². The molecule has 2 N–H and O–H groups in total. The smallest absolute Gasteiger partial charge is 0.313 e. The highest BCUT2D eigenvalue weighted by atomic mass is 16.5. The van der Waals surface area contributed by atoms with Crippen molar-refractivity contribution in [1.82, 2.24) is 5.32 Å². The predicted octanol–water partition coefficient (Wildman–Crippen LogP) is 3.11. The van der Waals surface area contributed by atoms with Crippen LogP contribution in [0, 0.1) is 5.92 Å². The molecule has 5 heteroatoms. The number of carbonyl (C=O) groups is 2. The lowest BCUT2D eigenvalue weighted by molar-refractivity contribution is -0.137. The molecular weight excluding hydrogens is 292 g/mol. The molecule has 2 atom stereocenters. The van der Waals surface area contributed by atoms with Crippen LogP contribution in [0.4, 0.5) is 5.69 Å². The molecule has 1 aliphatic carbocycles. The second-order valence-electron chi connectivity index (χ2n) is 6.17. The lowest BCUT2D eigenvalue weighted by Crippen LogP contribution is -2.45. The number of benzene rings is 1. The highest BCUT2D eigenvalue weighted by molar-refractivity contribution is 6.39. The molecule has 0 radical (unpaired) electrons. The molecule has 1 saturated carbocycles. The summed E-state index contributed by atoms with van der Waals surface area (Å²) in [7, 11) is 0. The Bertz CT molecular complexity index is 528. The highest BCUT2D eigenvalue weighted by Crippen LogP contribution is 2.23. The Morgan fingerprint density at radius 2 is 1.83 bits per heavy atom. The molecule has 1 aromatic rings. The van der Waals surface area contributed by atoms with Crippen LogP contribution in [0.25, 0.3) is 0 Å². The number of ether oxygens (including phenoxy) is 1. The van der Waals surface area contributed by atoms with Gasteiger partial charge in [-0.1, -0.05) is 26.7 Å². The third-order valence-electron chi connectivity index (χ3n) is 4.22. The highest BCUT2D eigenvalue weighted by Gasteiger charge is 2.25. The van der Waals surface area contributed by atoms with Crippen molar-refractivity contribution >= 4 is 17.5 Å². The fourth-order valence-electron chi connectivity index (χ4n) is 2.81. The maximum atomic E-state index is 12.0. The van der Waals surface area contributed by atoms with Crippen molar-refractivity contribution in [3.63, 3.8) is 0 Å². The van der Waals surface area contributed by atoms with Crippen LogP contribution in [0.15, 0.2) is 24.3 Å². The second kappa shape index (κ2) is 8.56. The molecule has 0 spiro atoms. The van der Waals surface area contributed by atoms with Gasteiger partial charge in [0.25, 0.3) is 0 Å². The van der Waals surface area contributed by atoms with Gasteiger partial charge in [0.15, 0.2) is 0 Å². The van der Waals surface area contributed by atoms with E-state index in [0.717, 1.165) is 31.4 Å². The molecule has 2 rings (SSSR count). The minimum atomic E-state index is -0.620. The maximum absolute atomic E-state index is 12.0. The summed E-state index contributed by atoms with van der Waals surface area (Å²) in [6.07, 6.45) is 5.30. The van der Waals surface area contributed by atoms with Gasteiger partial charge in [0.05, 0.1) is 6.61 Å². The molecule has 0 aliphatic heterocycles. The normalized spacial score (nSPS) is 20.6. The van der Waals surface area contributed by atoms with Crippen molar-refractivity contribution in [1.29, 1.82) is 0 Å². The molecule has 0 bridgehead atoms. The average Bonchev–Trinajstić information content (AvgIpc) is 2.56. The Balaban J connectivity index is 1.84. The first-order valence-corrected chi connectivity index (χ1v) is 8.45. The van der Waals surface area contributed by atoms with Gasteiger partial charge in [0.1, 0.15) is 5.75 Å². The quantitative estimate of drug-likeness (QED) is 0.820. The Kier molecular flexibility index (Phi) is 6.44. The first-order valence-electron chi connectivity index (χ1n) is 8.45. The number of anilines is 1. The topological polar surface area (TPSA) is 67.4 Å². The van der Waals surface area contributed by atoms with Crippen molar-refractivity contribution in [2.45, 2.75) is 52.0 Å². The fourth-order valence-corrected chi connectivity index (χ4v) is 2.81. The summed E-state index contributed by atoms with van der Waals surface area (Å²) < 4.78 is 5.48. The van der Waals surface area contributed by atoms with Gasteiger partial charge in [0.2, 0.25) is 0 Å². The molecular formula is C18H26N2O3. The molecule has 1 fully saturated rings. The van der Waals surface area contributed by atoms with Gasteiger partial charge in [-0.05, 0) is 49.4 Å². The van der Waals surface area contributed by atoms with Crippen LogP contribution in [0.5, 0.6) is 5.75 Å². The Labute approximate surface area is 137 Å². The van der Waals surface area contributed by atoms with Crippen LogP contribution < -0.4 is 15.4 Å². The number of carbonyl (C=O) groups excluding carboxylic acids is 2. The molecule has 2 amide bonds. The van der Waals surface area contributed by atoms with Gasteiger partial charge in [-0.2, -0.15) is 0 Å². The summed E-state index contributed by atoms with van der Waals surface area (Å²) >= 11 is 0. The summed E-state index contributed by atoms with van der Waals surface area (Å²) in [6, 6.07) is 7.14. The van der Waals surface area contributed by atoms with Gasteiger partial charge in [0, 0.05) is 11.7 Å². The van der Waals surface area contributed by atoms with Gasteiger partial charge in [-0.15, -0.1) is 0 Å². The van der Waals surface area contributed by atoms with Crippen LogP contribution in [-0.2, 0) is 9.59 Å². The van der Waals surface area contributed by atoms with Crippen molar-refractivity contribution in [3.8, 4) is 5.75 Å². The van der Waals surface area contributed by atoms with E-state index in [1.165, 1.54) is 6.42 Å². The molecule has 0 unspecified atom stereocenters. The van der Waals surface area contributed by atoms with Crippen LogP contribution in [0.2, 0.25) is 0 Å². The molecule has 0 saturated heterocycles. The standard InChI is InChI=1S/C18H26N2O3/c1-3-12-23-15-10-8-14(9-11-15)19-17(21)18(22)20-16-7-5-4-6-13(16)2/h8-11,13,16H,3-7,12H2,1-2H3,(H,19,21)(H,20,22)/t13-,16-/m1/s1. The lowest BCUT2D eigenvalue weighted by atomic mass is 9.86. The van der Waals surface area contributed by atoms with Gasteiger partial charge in [-0.25, -0.2) is 0 Å². The monoisotopic (exact) mass is 318 g/mol. The van der Waals surface area contributed by atoms with Crippen LogP contribution in [-0.4, -0.2) is 24.5 Å². The third kappa shape index (κ3) is 5.27. The summed E-state index contributed by atoms with van der Waals surface area (Å²) in [6.45, 7) is 4.82. The van der Waals surface area contributed by atoms with Crippen LogP contribution >= 0.6 is 0 Å². The van der Waals surface area contributed by atoms with E-state index in [1.807, 2.05) is 6.92 Å². The summed E-state index contributed by atoms with van der Waals surface area (Å²) in [4.78, 5) is 24.0.